The average Bonchev–Trinajstić information content (AvgIpc) is 3.06. The second-order valence-electron chi connectivity index (χ2n) is 8.58. The molecule has 1 aromatic heterocycles. The molecule has 0 saturated carbocycles. The predicted molar refractivity (Wildman–Crippen MR) is 109 cm³/mol. The summed E-state index contributed by atoms with van der Waals surface area (Å²) in [5.74, 6) is 0.185. The van der Waals surface area contributed by atoms with Crippen molar-refractivity contribution in [2.24, 2.45) is 0 Å². The van der Waals surface area contributed by atoms with Gasteiger partial charge in [0.05, 0.1) is 23.2 Å². The van der Waals surface area contributed by atoms with Gasteiger partial charge in [-0.3, -0.25) is 9.48 Å². The molecular weight excluding hydrogens is 396 g/mol. The molecule has 9 nitrogen and oxygen atoms in total. The largest absolute Gasteiger partial charge is 0.444 e. The van der Waals surface area contributed by atoms with E-state index in [0.717, 1.165) is 17.0 Å². The Morgan fingerprint density at radius 2 is 1.97 bits per heavy atom. The lowest BCUT2D eigenvalue weighted by Crippen LogP contribution is -2.35. The number of aromatic nitrogens is 2. The van der Waals surface area contributed by atoms with Crippen molar-refractivity contribution in [1.82, 2.24) is 20.0 Å². The molecule has 2 amide bonds. The van der Waals surface area contributed by atoms with Gasteiger partial charge >= 0.3 is 6.09 Å². The van der Waals surface area contributed by atoms with E-state index in [0.29, 0.717) is 13.0 Å². The molecule has 29 heavy (non-hydrogen) atoms. The topological polar surface area (TPSA) is 111 Å². The highest BCUT2D eigenvalue weighted by Gasteiger charge is 2.31. The number of carbonyl (C=O) groups is 2. The summed E-state index contributed by atoms with van der Waals surface area (Å²) in [4.78, 5) is 25.7. The van der Waals surface area contributed by atoms with E-state index in [9.17, 15) is 18.0 Å². The molecule has 1 aliphatic rings. The molecule has 1 atom stereocenters. The normalized spacial score (nSPS) is 18.5. The maximum atomic E-state index is 12.4. The van der Waals surface area contributed by atoms with Gasteiger partial charge in [-0.1, -0.05) is 0 Å². The summed E-state index contributed by atoms with van der Waals surface area (Å²) in [6.45, 7) is 9.66. The van der Waals surface area contributed by atoms with Crippen molar-refractivity contribution >= 4 is 21.8 Å². The van der Waals surface area contributed by atoms with Gasteiger partial charge in [-0.25, -0.2) is 13.2 Å². The van der Waals surface area contributed by atoms with Crippen LogP contribution in [0.1, 0.15) is 56.6 Å². The third-order valence-corrected chi connectivity index (χ3v) is 6.61. The molecule has 0 unspecified atom stereocenters. The van der Waals surface area contributed by atoms with Crippen LogP contribution in [-0.2, 0) is 25.9 Å². The quantitative estimate of drug-likeness (QED) is 0.739. The van der Waals surface area contributed by atoms with Gasteiger partial charge in [-0.05, 0) is 41.0 Å². The second-order valence-corrected chi connectivity index (χ2v) is 10.8. The minimum absolute atomic E-state index is 0.111. The number of nitrogens with one attached hydrogen (secondary N) is 1. The predicted octanol–water partition coefficient (Wildman–Crippen LogP) is 1.73. The van der Waals surface area contributed by atoms with E-state index < -0.39 is 21.5 Å². The van der Waals surface area contributed by atoms with E-state index in [1.807, 2.05) is 13.8 Å². The fraction of sp³-hybridized carbons (Fsp3) is 0.737. The number of amides is 2. The van der Waals surface area contributed by atoms with E-state index in [1.54, 1.807) is 37.4 Å². The Kier molecular flexibility index (Phi) is 6.97. The highest BCUT2D eigenvalue weighted by molar-refractivity contribution is 7.91. The molecule has 2 rings (SSSR count). The summed E-state index contributed by atoms with van der Waals surface area (Å²) in [5.41, 5.74) is 2.01. The van der Waals surface area contributed by atoms with Gasteiger partial charge in [0.2, 0.25) is 5.91 Å². The maximum absolute atomic E-state index is 12.4. The van der Waals surface area contributed by atoms with Gasteiger partial charge in [0.25, 0.3) is 0 Å². The molecule has 0 bridgehead atoms. The van der Waals surface area contributed by atoms with E-state index in [2.05, 4.69) is 10.4 Å². The van der Waals surface area contributed by atoms with E-state index in [1.165, 1.54) is 0 Å². The summed E-state index contributed by atoms with van der Waals surface area (Å²) in [7, 11) is -1.30. The summed E-state index contributed by atoms with van der Waals surface area (Å²) in [6, 6.07) is -0.147. The zero-order valence-corrected chi connectivity index (χ0v) is 18.9. The Labute approximate surface area is 172 Å². The number of aryl methyl sites for hydroxylation is 1. The highest BCUT2D eigenvalue weighted by Crippen LogP contribution is 2.27. The van der Waals surface area contributed by atoms with Crippen molar-refractivity contribution in [1.29, 1.82) is 0 Å². The van der Waals surface area contributed by atoms with Crippen molar-refractivity contribution in [2.45, 2.75) is 65.6 Å². The lowest BCUT2D eigenvalue weighted by molar-refractivity contribution is -0.130. The van der Waals surface area contributed by atoms with Crippen LogP contribution in [0.3, 0.4) is 0 Å². The smallest absolute Gasteiger partial charge is 0.407 e. The number of ether oxygens (including phenoxy) is 1. The van der Waals surface area contributed by atoms with E-state index in [4.69, 9.17) is 4.74 Å². The Balaban J connectivity index is 1.92. The van der Waals surface area contributed by atoms with Crippen LogP contribution in [0.25, 0.3) is 0 Å². The lowest BCUT2D eigenvalue weighted by Gasteiger charge is -2.20. The van der Waals surface area contributed by atoms with Crippen LogP contribution in [0.15, 0.2) is 0 Å². The molecule has 164 valence electrons. The number of carbonyl (C=O) groups excluding carboxylic acids is 2. The fourth-order valence-electron chi connectivity index (χ4n) is 3.35. The number of nitrogens with zero attached hydrogens (tertiary/aromatic N) is 3. The van der Waals surface area contributed by atoms with Crippen LogP contribution in [0, 0.1) is 13.8 Å². The Morgan fingerprint density at radius 3 is 2.52 bits per heavy atom. The molecule has 1 N–H and O–H groups in total. The number of rotatable bonds is 6. The molecule has 0 radical (unpaired) electrons. The van der Waals surface area contributed by atoms with Crippen molar-refractivity contribution in [3.63, 3.8) is 0 Å². The Morgan fingerprint density at radius 1 is 1.31 bits per heavy atom. The Bertz CT molecular complexity index is 870. The van der Waals surface area contributed by atoms with Crippen molar-refractivity contribution in [3.05, 3.63) is 17.0 Å². The van der Waals surface area contributed by atoms with Crippen LogP contribution in [0.4, 0.5) is 4.79 Å². The van der Waals surface area contributed by atoms with E-state index >= 15 is 0 Å². The summed E-state index contributed by atoms with van der Waals surface area (Å²) in [6.07, 6.45) is 0.171. The molecule has 1 aliphatic heterocycles. The monoisotopic (exact) mass is 428 g/mol. The summed E-state index contributed by atoms with van der Waals surface area (Å²) < 4.78 is 30.5. The van der Waals surface area contributed by atoms with Gasteiger partial charge in [-0.2, -0.15) is 5.10 Å². The average molecular weight is 429 g/mol. The standard InChI is InChI=1S/C19H32N4O5S/c1-13-16(14(2)23(21-13)15-8-10-29(26,27)12-15)11-22(6)17(24)7-9-20-18(25)28-19(3,4)5/h15H,7-12H2,1-6H3,(H,20,25)/t15-/m1/s1. The minimum Gasteiger partial charge on any atom is -0.444 e. The molecule has 2 heterocycles. The van der Waals surface area contributed by atoms with Crippen LogP contribution in [-0.4, -0.2) is 65.8 Å². The van der Waals surface area contributed by atoms with Crippen LogP contribution in [0.2, 0.25) is 0 Å². The summed E-state index contributed by atoms with van der Waals surface area (Å²) >= 11 is 0. The highest BCUT2D eigenvalue weighted by atomic mass is 32.2. The molecule has 1 saturated heterocycles. The first-order valence-corrected chi connectivity index (χ1v) is 11.6. The minimum atomic E-state index is -3.00. The number of sulfone groups is 1. The molecule has 0 spiro atoms. The van der Waals surface area contributed by atoms with Crippen LogP contribution >= 0.6 is 0 Å². The van der Waals surface area contributed by atoms with E-state index in [-0.39, 0.29) is 36.4 Å². The first-order chi connectivity index (χ1) is 13.3. The first kappa shape index (κ1) is 23.2. The third kappa shape index (κ3) is 6.45. The molecule has 1 fully saturated rings. The van der Waals surface area contributed by atoms with Gasteiger partial charge in [0.1, 0.15) is 5.60 Å². The van der Waals surface area contributed by atoms with Crippen LogP contribution in [0.5, 0.6) is 0 Å². The van der Waals surface area contributed by atoms with Crippen molar-refractivity contribution in [3.8, 4) is 0 Å². The van der Waals surface area contributed by atoms with Gasteiger partial charge < -0.3 is 15.0 Å². The third-order valence-electron chi connectivity index (χ3n) is 4.86. The number of alkyl carbamates (subject to hydrolysis) is 1. The van der Waals surface area contributed by atoms with Gasteiger partial charge in [0.15, 0.2) is 9.84 Å². The lowest BCUT2D eigenvalue weighted by atomic mass is 10.1. The molecule has 0 aromatic carbocycles. The molecule has 10 heteroatoms. The summed E-state index contributed by atoms with van der Waals surface area (Å²) in [5, 5.41) is 7.11. The number of hydrogen-bond acceptors (Lipinski definition) is 6. The zero-order chi connectivity index (χ0) is 22.0. The second kappa shape index (κ2) is 8.73. The Hall–Kier alpha value is -2.10. The maximum Gasteiger partial charge on any atom is 0.407 e. The number of hydrogen-bond donors (Lipinski definition) is 1. The zero-order valence-electron chi connectivity index (χ0n) is 18.1. The molecule has 0 aliphatic carbocycles. The van der Waals surface area contributed by atoms with Gasteiger partial charge in [-0.15, -0.1) is 0 Å². The van der Waals surface area contributed by atoms with Crippen molar-refractivity contribution < 1.29 is 22.7 Å². The SMILES string of the molecule is Cc1nn([C@@H]2CCS(=O)(=O)C2)c(C)c1CN(C)C(=O)CCNC(=O)OC(C)(C)C. The van der Waals surface area contributed by atoms with Gasteiger partial charge in [0, 0.05) is 37.8 Å². The van der Waals surface area contributed by atoms with Crippen molar-refractivity contribution in [2.75, 3.05) is 25.1 Å². The first-order valence-electron chi connectivity index (χ1n) is 9.75. The molecule has 1 aromatic rings. The van der Waals surface area contributed by atoms with Crippen LogP contribution < -0.4 is 5.32 Å². The molecular formula is C19H32N4O5S. The fourth-order valence-corrected chi connectivity index (χ4v) is 5.04.